The first kappa shape index (κ1) is 11.8. The molecule has 1 aliphatic carbocycles. The highest BCUT2D eigenvalue weighted by atomic mass is 14.5. The van der Waals surface area contributed by atoms with Crippen molar-refractivity contribution in [3.8, 4) is 0 Å². The highest BCUT2D eigenvalue weighted by Gasteiger charge is 2.46. The SMILES string of the molecule is CC(C)(C)C1c2cccc3cccc(c23)C1(C)C. The largest absolute Gasteiger partial charge is 0.0613 e. The van der Waals surface area contributed by atoms with Crippen LogP contribution in [-0.4, -0.2) is 0 Å². The molecule has 3 rings (SSSR count). The summed E-state index contributed by atoms with van der Waals surface area (Å²) in [5, 5.41) is 2.90. The summed E-state index contributed by atoms with van der Waals surface area (Å²) in [5.74, 6) is 0.589. The summed E-state index contributed by atoms with van der Waals surface area (Å²) in [6.07, 6.45) is 0. The Balaban J connectivity index is 2.41. The van der Waals surface area contributed by atoms with Crippen LogP contribution in [0.2, 0.25) is 0 Å². The van der Waals surface area contributed by atoms with E-state index in [1.165, 1.54) is 16.3 Å². The Kier molecular flexibility index (Phi) is 2.21. The standard InChI is InChI=1S/C18H22/c1-17(2,3)16-13-10-6-8-12-9-7-11-14(15(12)13)18(16,4)5/h6-11,16H,1-5H3. The van der Waals surface area contributed by atoms with Crippen molar-refractivity contribution in [2.24, 2.45) is 5.41 Å². The quantitative estimate of drug-likeness (QED) is 0.587. The lowest BCUT2D eigenvalue weighted by molar-refractivity contribution is 0.235. The van der Waals surface area contributed by atoms with Gasteiger partial charge in [0.05, 0.1) is 0 Å². The lowest BCUT2D eigenvalue weighted by atomic mass is 9.65. The summed E-state index contributed by atoms with van der Waals surface area (Å²) >= 11 is 0. The molecular formula is C18H22. The van der Waals surface area contributed by atoms with Gasteiger partial charge in [-0.05, 0) is 38.6 Å². The third-order valence-electron chi connectivity index (χ3n) is 4.53. The minimum atomic E-state index is 0.224. The summed E-state index contributed by atoms with van der Waals surface area (Å²) in [6, 6.07) is 13.5. The van der Waals surface area contributed by atoms with E-state index in [9.17, 15) is 0 Å². The predicted molar refractivity (Wildman–Crippen MR) is 79.2 cm³/mol. The first-order valence-corrected chi connectivity index (χ1v) is 6.85. The molecule has 0 saturated heterocycles. The van der Waals surface area contributed by atoms with E-state index >= 15 is 0 Å². The monoisotopic (exact) mass is 238 g/mol. The molecule has 94 valence electrons. The van der Waals surface area contributed by atoms with Crippen LogP contribution in [0.5, 0.6) is 0 Å². The molecule has 0 bridgehead atoms. The van der Waals surface area contributed by atoms with Gasteiger partial charge in [-0.15, -0.1) is 0 Å². The van der Waals surface area contributed by atoms with Gasteiger partial charge in [0.1, 0.15) is 0 Å². The van der Waals surface area contributed by atoms with E-state index in [2.05, 4.69) is 71.0 Å². The van der Waals surface area contributed by atoms with Crippen LogP contribution < -0.4 is 0 Å². The Labute approximate surface area is 110 Å². The Hall–Kier alpha value is -1.30. The van der Waals surface area contributed by atoms with Crippen molar-refractivity contribution < 1.29 is 0 Å². The summed E-state index contributed by atoms with van der Waals surface area (Å²) < 4.78 is 0. The molecule has 0 nitrogen and oxygen atoms in total. The van der Waals surface area contributed by atoms with Gasteiger partial charge in [0.25, 0.3) is 0 Å². The van der Waals surface area contributed by atoms with E-state index in [0.717, 1.165) is 0 Å². The molecule has 0 aromatic heterocycles. The van der Waals surface area contributed by atoms with Gasteiger partial charge in [0.15, 0.2) is 0 Å². The van der Waals surface area contributed by atoms with Gasteiger partial charge >= 0.3 is 0 Å². The normalized spacial score (nSPS) is 21.5. The Bertz CT molecular complexity index is 606. The average molecular weight is 238 g/mol. The second-order valence-electron chi connectivity index (χ2n) is 7.27. The molecule has 0 aliphatic heterocycles. The minimum Gasteiger partial charge on any atom is -0.0613 e. The van der Waals surface area contributed by atoms with Crippen molar-refractivity contribution >= 4 is 10.8 Å². The molecule has 0 heterocycles. The lowest BCUT2D eigenvalue weighted by Crippen LogP contribution is -2.32. The molecule has 0 N–H and O–H groups in total. The molecule has 0 fully saturated rings. The van der Waals surface area contributed by atoms with E-state index in [1.54, 1.807) is 5.56 Å². The number of hydrogen-bond acceptors (Lipinski definition) is 0. The zero-order valence-electron chi connectivity index (χ0n) is 12.0. The molecule has 2 aromatic rings. The highest BCUT2D eigenvalue weighted by molar-refractivity contribution is 5.93. The van der Waals surface area contributed by atoms with Crippen LogP contribution in [0.1, 0.15) is 51.7 Å². The van der Waals surface area contributed by atoms with Crippen molar-refractivity contribution in [1.29, 1.82) is 0 Å². The highest BCUT2D eigenvalue weighted by Crippen LogP contribution is 2.57. The molecule has 2 aromatic carbocycles. The molecule has 0 amide bonds. The number of hydrogen-bond donors (Lipinski definition) is 0. The van der Waals surface area contributed by atoms with Crippen LogP contribution in [0.3, 0.4) is 0 Å². The Morgan fingerprint density at radius 2 is 1.56 bits per heavy atom. The van der Waals surface area contributed by atoms with Crippen molar-refractivity contribution in [2.75, 3.05) is 0 Å². The van der Waals surface area contributed by atoms with Crippen LogP contribution in [0.4, 0.5) is 0 Å². The van der Waals surface area contributed by atoms with E-state index in [1.807, 2.05) is 0 Å². The molecular weight excluding hydrogens is 216 g/mol. The zero-order valence-corrected chi connectivity index (χ0v) is 12.0. The fourth-order valence-corrected chi connectivity index (χ4v) is 4.24. The molecule has 0 spiro atoms. The predicted octanol–water partition coefficient (Wildman–Crippen LogP) is 5.26. The maximum Gasteiger partial charge on any atom is -0.00150 e. The molecule has 1 unspecified atom stereocenters. The van der Waals surface area contributed by atoms with E-state index in [-0.39, 0.29) is 10.8 Å². The van der Waals surface area contributed by atoms with E-state index in [0.29, 0.717) is 5.92 Å². The minimum absolute atomic E-state index is 0.224. The van der Waals surface area contributed by atoms with E-state index in [4.69, 9.17) is 0 Å². The van der Waals surface area contributed by atoms with Crippen LogP contribution in [0.25, 0.3) is 10.8 Å². The number of benzene rings is 2. The molecule has 1 atom stereocenters. The fourth-order valence-electron chi connectivity index (χ4n) is 4.24. The van der Waals surface area contributed by atoms with E-state index < -0.39 is 0 Å². The fraction of sp³-hybridized carbons (Fsp3) is 0.444. The topological polar surface area (TPSA) is 0 Å². The second kappa shape index (κ2) is 3.38. The van der Waals surface area contributed by atoms with Crippen LogP contribution in [-0.2, 0) is 5.41 Å². The maximum absolute atomic E-state index is 2.40. The van der Waals surface area contributed by atoms with Gasteiger partial charge in [-0.3, -0.25) is 0 Å². The first-order valence-electron chi connectivity index (χ1n) is 6.85. The molecule has 0 saturated carbocycles. The third kappa shape index (κ3) is 1.38. The maximum atomic E-state index is 2.40. The van der Waals surface area contributed by atoms with Gasteiger partial charge in [0, 0.05) is 0 Å². The Morgan fingerprint density at radius 3 is 2.17 bits per heavy atom. The van der Waals surface area contributed by atoms with Crippen LogP contribution in [0, 0.1) is 5.41 Å². The van der Waals surface area contributed by atoms with Crippen LogP contribution in [0.15, 0.2) is 36.4 Å². The van der Waals surface area contributed by atoms with Gasteiger partial charge in [-0.2, -0.15) is 0 Å². The zero-order chi connectivity index (χ0) is 13.1. The van der Waals surface area contributed by atoms with Crippen molar-refractivity contribution in [3.63, 3.8) is 0 Å². The second-order valence-corrected chi connectivity index (χ2v) is 7.27. The summed E-state index contributed by atoms with van der Waals surface area (Å²) in [7, 11) is 0. The molecule has 0 radical (unpaired) electrons. The smallest absolute Gasteiger partial charge is 0.00150 e. The molecule has 18 heavy (non-hydrogen) atoms. The van der Waals surface area contributed by atoms with Gasteiger partial charge in [-0.1, -0.05) is 71.0 Å². The van der Waals surface area contributed by atoms with Gasteiger partial charge in [-0.25, -0.2) is 0 Å². The van der Waals surface area contributed by atoms with Crippen LogP contribution >= 0.6 is 0 Å². The van der Waals surface area contributed by atoms with Gasteiger partial charge in [0.2, 0.25) is 0 Å². The average Bonchev–Trinajstić information content (AvgIpc) is 2.49. The van der Waals surface area contributed by atoms with Crippen molar-refractivity contribution in [1.82, 2.24) is 0 Å². The summed E-state index contributed by atoms with van der Waals surface area (Å²) in [6.45, 7) is 11.9. The van der Waals surface area contributed by atoms with Crippen molar-refractivity contribution in [2.45, 2.75) is 46.0 Å². The molecule has 0 heteroatoms. The number of rotatable bonds is 0. The summed E-state index contributed by atoms with van der Waals surface area (Å²) in [5.41, 5.74) is 3.58. The lowest BCUT2D eigenvalue weighted by Gasteiger charge is -2.39. The third-order valence-corrected chi connectivity index (χ3v) is 4.53. The first-order chi connectivity index (χ1) is 8.33. The van der Waals surface area contributed by atoms with Crippen molar-refractivity contribution in [3.05, 3.63) is 47.5 Å². The summed E-state index contributed by atoms with van der Waals surface area (Å²) in [4.78, 5) is 0. The molecule has 1 aliphatic rings. The van der Waals surface area contributed by atoms with Gasteiger partial charge < -0.3 is 0 Å². The Morgan fingerprint density at radius 1 is 0.944 bits per heavy atom.